The van der Waals surface area contributed by atoms with E-state index in [4.69, 9.17) is 4.74 Å². The summed E-state index contributed by atoms with van der Waals surface area (Å²) < 4.78 is 57.7. The Morgan fingerprint density at radius 3 is 2.23 bits per heavy atom. The minimum atomic E-state index is -3.32. The van der Waals surface area contributed by atoms with E-state index in [2.05, 4.69) is 4.72 Å². The maximum atomic E-state index is 13.5. The summed E-state index contributed by atoms with van der Waals surface area (Å²) in [6, 6.07) is 11.4. The fraction of sp³-hybridized carbons (Fsp3) is 0.409. The summed E-state index contributed by atoms with van der Waals surface area (Å²) in [5.41, 5.74) is 0.462. The van der Waals surface area contributed by atoms with Gasteiger partial charge in [0.15, 0.2) is 0 Å². The highest BCUT2D eigenvalue weighted by molar-refractivity contribution is 7.88. The molecule has 0 aromatic heterocycles. The highest BCUT2D eigenvalue weighted by Crippen LogP contribution is 2.40. The first-order chi connectivity index (χ1) is 14.6. The zero-order valence-electron chi connectivity index (χ0n) is 17.5. The third-order valence-corrected chi connectivity index (χ3v) is 6.31. The third-order valence-electron chi connectivity index (χ3n) is 5.59. The van der Waals surface area contributed by atoms with Gasteiger partial charge >= 0.3 is 6.09 Å². The number of carbonyl (C=O) groups excluding carboxylic acids is 1. The Morgan fingerprint density at radius 2 is 1.68 bits per heavy atom. The number of sulfonamides is 1. The van der Waals surface area contributed by atoms with Gasteiger partial charge in [0.25, 0.3) is 0 Å². The lowest BCUT2D eigenvalue weighted by Crippen LogP contribution is -2.49. The second-order valence-electron chi connectivity index (χ2n) is 7.81. The monoisotopic (exact) mass is 452 g/mol. The molecule has 2 aromatic carbocycles. The van der Waals surface area contributed by atoms with Crippen molar-refractivity contribution in [3.63, 3.8) is 0 Å². The highest BCUT2D eigenvalue weighted by atomic mass is 32.2. The third kappa shape index (κ3) is 5.80. The molecule has 0 radical (unpaired) electrons. The number of nitrogens with one attached hydrogen (secondary N) is 1. The van der Waals surface area contributed by atoms with Crippen molar-refractivity contribution in [2.45, 2.75) is 37.8 Å². The fourth-order valence-electron chi connectivity index (χ4n) is 3.85. The lowest BCUT2D eigenvalue weighted by molar-refractivity contribution is -0.0662. The molecule has 0 unspecified atom stereocenters. The van der Waals surface area contributed by atoms with E-state index in [9.17, 15) is 22.0 Å². The zero-order valence-corrected chi connectivity index (χ0v) is 18.3. The Kier molecular flexibility index (Phi) is 6.96. The Balaban J connectivity index is 1.78. The highest BCUT2D eigenvalue weighted by Gasteiger charge is 2.43. The number of cyclic esters (lactones) is 1. The quantitative estimate of drug-likeness (QED) is 0.612. The van der Waals surface area contributed by atoms with Crippen molar-refractivity contribution in [1.29, 1.82) is 0 Å². The fourth-order valence-corrected chi connectivity index (χ4v) is 4.37. The van der Waals surface area contributed by atoms with E-state index in [1.165, 1.54) is 24.3 Å². The molecule has 0 aliphatic carbocycles. The predicted octanol–water partition coefficient (Wildman–Crippen LogP) is 4.09. The van der Waals surface area contributed by atoms with Gasteiger partial charge in [0.1, 0.15) is 17.2 Å². The molecular formula is C22H26F2N2O4S. The van der Waals surface area contributed by atoms with Crippen LogP contribution in [-0.4, -0.2) is 38.8 Å². The first-order valence-corrected chi connectivity index (χ1v) is 11.9. The van der Waals surface area contributed by atoms with Crippen molar-refractivity contribution in [2.75, 3.05) is 19.3 Å². The molecule has 1 aliphatic heterocycles. The van der Waals surface area contributed by atoms with Gasteiger partial charge in [-0.15, -0.1) is 0 Å². The van der Waals surface area contributed by atoms with E-state index < -0.39 is 27.5 Å². The molecule has 3 rings (SSSR count). The number of halogens is 2. The average Bonchev–Trinajstić information content (AvgIpc) is 2.71. The van der Waals surface area contributed by atoms with Crippen LogP contribution < -0.4 is 4.72 Å². The van der Waals surface area contributed by atoms with Crippen molar-refractivity contribution in [3.8, 4) is 0 Å². The number of hydrogen-bond donors (Lipinski definition) is 1. The maximum Gasteiger partial charge on any atom is 0.411 e. The molecule has 6 nitrogen and oxygen atoms in total. The first kappa shape index (κ1) is 23.1. The van der Waals surface area contributed by atoms with Crippen molar-refractivity contribution < 1.29 is 26.7 Å². The zero-order chi connectivity index (χ0) is 22.6. The molecule has 1 amide bonds. The van der Waals surface area contributed by atoms with Crippen LogP contribution in [0.4, 0.5) is 13.6 Å². The number of amides is 1. The molecule has 1 fully saturated rings. The topological polar surface area (TPSA) is 75.7 Å². The number of benzene rings is 2. The van der Waals surface area contributed by atoms with E-state index >= 15 is 0 Å². The van der Waals surface area contributed by atoms with Crippen LogP contribution in [0.2, 0.25) is 0 Å². The second kappa shape index (κ2) is 9.32. The second-order valence-corrected chi connectivity index (χ2v) is 9.64. The number of nitrogens with zero attached hydrogens (tertiary/aromatic N) is 1. The molecule has 2 aromatic rings. The van der Waals surface area contributed by atoms with Crippen molar-refractivity contribution in [3.05, 3.63) is 71.3 Å². The average molecular weight is 453 g/mol. The molecule has 1 N–H and O–H groups in total. The Labute approximate surface area is 181 Å². The predicted molar refractivity (Wildman–Crippen MR) is 113 cm³/mol. The lowest BCUT2D eigenvalue weighted by Gasteiger charge is -2.43. The molecule has 168 valence electrons. The summed E-state index contributed by atoms with van der Waals surface area (Å²) in [5.74, 6) is -0.749. The minimum Gasteiger partial charge on any atom is -0.438 e. The Morgan fingerprint density at radius 1 is 1.10 bits per heavy atom. The summed E-state index contributed by atoms with van der Waals surface area (Å²) in [4.78, 5) is 14.5. The van der Waals surface area contributed by atoms with E-state index in [0.29, 0.717) is 31.4 Å². The van der Waals surface area contributed by atoms with Crippen molar-refractivity contribution in [2.24, 2.45) is 0 Å². The van der Waals surface area contributed by atoms with E-state index in [1.54, 1.807) is 29.2 Å². The van der Waals surface area contributed by atoms with Gasteiger partial charge in [0.05, 0.1) is 12.3 Å². The molecule has 1 aliphatic rings. The molecule has 31 heavy (non-hydrogen) atoms. The standard InChI is InChI=1S/C22H26F2N2O4S/c1-16(17-4-8-19(23)9-5-17)26-15-13-22(30-21(26)27,12-3-14-25-31(2,28)29)18-6-10-20(24)11-7-18/h4-11,16,25H,3,12-15H2,1-2H3/t16-,22-/m0/s1. The van der Waals surface area contributed by atoms with Crippen molar-refractivity contribution in [1.82, 2.24) is 9.62 Å². The molecule has 1 heterocycles. The van der Waals surface area contributed by atoms with Crippen LogP contribution in [0.15, 0.2) is 48.5 Å². The largest absolute Gasteiger partial charge is 0.438 e. The van der Waals surface area contributed by atoms with Crippen LogP contribution >= 0.6 is 0 Å². The summed E-state index contributed by atoms with van der Waals surface area (Å²) in [6.45, 7) is 2.43. The number of ether oxygens (including phenoxy) is 1. The van der Waals surface area contributed by atoms with Gasteiger partial charge in [-0.25, -0.2) is 26.7 Å². The normalized spacial score (nSPS) is 20.4. The summed E-state index contributed by atoms with van der Waals surface area (Å²) in [6.07, 6.45) is 1.83. The van der Waals surface area contributed by atoms with Crippen LogP contribution in [-0.2, 0) is 20.4 Å². The molecule has 0 saturated carbocycles. The molecule has 2 atom stereocenters. The molecule has 9 heteroatoms. The number of carbonyl (C=O) groups is 1. The van der Waals surface area contributed by atoms with Gasteiger partial charge in [-0.3, -0.25) is 0 Å². The summed E-state index contributed by atoms with van der Waals surface area (Å²) >= 11 is 0. The van der Waals surface area contributed by atoms with Crippen LogP contribution in [0.3, 0.4) is 0 Å². The molecule has 0 bridgehead atoms. The van der Waals surface area contributed by atoms with Gasteiger partial charge < -0.3 is 9.64 Å². The van der Waals surface area contributed by atoms with E-state index in [0.717, 1.165) is 11.8 Å². The Hall–Kier alpha value is -2.52. The van der Waals surface area contributed by atoms with Crippen LogP contribution in [0, 0.1) is 11.6 Å². The summed E-state index contributed by atoms with van der Waals surface area (Å²) in [5, 5.41) is 0. The van der Waals surface area contributed by atoms with Gasteiger partial charge in [0.2, 0.25) is 10.0 Å². The van der Waals surface area contributed by atoms with Gasteiger partial charge in [0, 0.05) is 19.5 Å². The van der Waals surface area contributed by atoms with Gasteiger partial charge in [-0.1, -0.05) is 24.3 Å². The van der Waals surface area contributed by atoms with Gasteiger partial charge in [-0.05, 0) is 55.2 Å². The summed E-state index contributed by atoms with van der Waals surface area (Å²) in [7, 11) is -3.32. The van der Waals surface area contributed by atoms with Crippen molar-refractivity contribution >= 4 is 16.1 Å². The minimum absolute atomic E-state index is 0.203. The number of rotatable bonds is 8. The van der Waals surface area contributed by atoms with Crippen LogP contribution in [0.5, 0.6) is 0 Å². The van der Waals surface area contributed by atoms with Gasteiger partial charge in [-0.2, -0.15) is 0 Å². The molecule has 0 spiro atoms. The molecule has 1 saturated heterocycles. The first-order valence-electron chi connectivity index (χ1n) is 10.1. The lowest BCUT2D eigenvalue weighted by atomic mass is 9.84. The number of hydrogen-bond acceptors (Lipinski definition) is 4. The smallest absolute Gasteiger partial charge is 0.411 e. The van der Waals surface area contributed by atoms with E-state index in [1.807, 2.05) is 6.92 Å². The van der Waals surface area contributed by atoms with Crippen LogP contribution in [0.25, 0.3) is 0 Å². The SMILES string of the molecule is C[C@@H](c1ccc(F)cc1)N1CC[C@@](CCCNS(C)(=O)=O)(c2ccc(F)cc2)OC1=O. The Bertz CT molecular complexity index is 1010. The van der Waals surface area contributed by atoms with E-state index in [-0.39, 0.29) is 18.4 Å². The van der Waals surface area contributed by atoms with Crippen LogP contribution in [0.1, 0.15) is 43.4 Å². The maximum absolute atomic E-state index is 13.5. The molecular weight excluding hydrogens is 426 g/mol.